The molecule has 0 aliphatic heterocycles. The number of anilines is 2. The standard InChI is InChI=1S/C51H41F3N2O10/c1-5-42(58)37-17-13-31(24-39(37)49(65)66-4)30-12-16-36(38(23-30)46(62)27-57)45(61)22-29-9-7-11-33(21-29)48(64)56-41-26-35(15-19-44(41)60)50(3,51(52,53)54)34-14-18-43(59)40(25-34)55-47(63)32-10-6-8-28(2)20-32/h6-21,23-27,59-60H,5,22H2,1-4H3,(H,55,63)(H,56,64). The number of nitrogens with one attached hydrogen (secondary N) is 2. The molecule has 6 rings (SSSR count). The van der Waals surface area contributed by atoms with Crippen LogP contribution in [-0.2, 0) is 21.4 Å². The lowest BCUT2D eigenvalue weighted by Crippen LogP contribution is -2.40. The van der Waals surface area contributed by atoms with Crippen molar-refractivity contribution in [3.63, 3.8) is 0 Å². The Labute approximate surface area is 376 Å². The third kappa shape index (κ3) is 9.79. The van der Waals surface area contributed by atoms with Gasteiger partial charge >= 0.3 is 12.1 Å². The fourth-order valence-corrected chi connectivity index (χ4v) is 7.34. The maximum atomic E-state index is 15.2. The van der Waals surface area contributed by atoms with Gasteiger partial charge < -0.3 is 25.6 Å². The molecule has 1 atom stereocenters. The lowest BCUT2D eigenvalue weighted by molar-refractivity contribution is -0.173. The molecular formula is C51H41F3N2O10. The summed E-state index contributed by atoms with van der Waals surface area (Å²) in [5.41, 5.74) is -2.60. The number of methoxy groups -OCH3 is 1. The highest BCUT2D eigenvalue weighted by molar-refractivity contribution is 6.35. The number of phenols is 2. The lowest BCUT2D eigenvalue weighted by Gasteiger charge is -2.34. The second kappa shape index (κ2) is 19.3. The number of carbonyl (C=O) groups excluding carboxylic acids is 7. The van der Waals surface area contributed by atoms with Crippen LogP contribution in [0.15, 0.2) is 121 Å². The molecule has 0 saturated heterocycles. The van der Waals surface area contributed by atoms with E-state index in [1.807, 2.05) is 0 Å². The number of ketones is 3. The van der Waals surface area contributed by atoms with Gasteiger partial charge in [-0.1, -0.05) is 67.1 Å². The van der Waals surface area contributed by atoms with Gasteiger partial charge in [-0.15, -0.1) is 0 Å². The van der Waals surface area contributed by atoms with Gasteiger partial charge in [0.15, 0.2) is 17.9 Å². The van der Waals surface area contributed by atoms with E-state index in [-0.39, 0.29) is 80.8 Å². The zero-order chi connectivity index (χ0) is 48.1. The molecule has 2 amide bonds. The molecule has 336 valence electrons. The molecule has 0 fully saturated rings. The van der Waals surface area contributed by atoms with Gasteiger partial charge in [-0.2, -0.15) is 13.2 Å². The monoisotopic (exact) mass is 898 g/mol. The highest BCUT2D eigenvalue weighted by Gasteiger charge is 2.54. The number of amides is 2. The molecule has 66 heavy (non-hydrogen) atoms. The first-order chi connectivity index (χ1) is 31.3. The molecule has 0 saturated carbocycles. The molecule has 15 heteroatoms. The normalized spacial score (nSPS) is 12.0. The summed E-state index contributed by atoms with van der Waals surface area (Å²) in [5.74, 6) is -5.29. The molecule has 0 aliphatic carbocycles. The van der Waals surface area contributed by atoms with E-state index < -0.39 is 58.0 Å². The Morgan fingerprint density at radius 3 is 1.65 bits per heavy atom. The van der Waals surface area contributed by atoms with Crippen LogP contribution < -0.4 is 10.6 Å². The molecule has 1 unspecified atom stereocenters. The molecule has 6 aromatic rings. The maximum Gasteiger partial charge on any atom is 0.402 e. The number of aromatic hydroxyl groups is 2. The minimum Gasteiger partial charge on any atom is -0.506 e. The van der Waals surface area contributed by atoms with E-state index in [1.165, 1.54) is 60.7 Å². The molecule has 0 radical (unpaired) electrons. The van der Waals surface area contributed by atoms with Gasteiger partial charge in [0.25, 0.3) is 11.8 Å². The van der Waals surface area contributed by atoms with Crippen molar-refractivity contribution in [1.82, 2.24) is 0 Å². The van der Waals surface area contributed by atoms with Crippen LogP contribution in [-0.4, -0.2) is 64.9 Å². The number of aldehydes is 1. The van der Waals surface area contributed by atoms with Gasteiger partial charge in [0, 0.05) is 40.7 Å². The largest absolute Gasteiger partial charge is 0.506 e. The van der Waals surface area contributed by atoms with Crippen molar-refractivity contribution in [2.24, 2.45) is 0 Å². The van der Waals surface area contributed by atoms with Crippen LogP contribution >= 0.6 is 0 Å². The van der Waals surface area contributed by atoms with Gasteiger partial charge in [0.2, 0.25) is 5.78 Å². The van der Waals surface area contributed by atoms with Crippen molar-refractivity contribution in [2.45, 2.75) is 45.2 Å². The number of aryl methyl sites for hydroxylation is 1. The number of phenolic OH excluding ortho intramolecular Hbond substituents is 2. The summed E-state index contributed by atoms with van der Waals surface area (Å²) in [6, 6.07) is 26.7. The number of carbonyl (C=O) groups is 7. The number of esters is 1. The van der Waals surface area contributed by atoms with Crippen LogP contribution in [0.25, 0.3) is 11.1 Å². The average Bonchev–Trinajstić information content (AvgIpc) is 3.31. The molecule has 4 N–H and O–H groups in total. The first kappa shape index (κ1) is 47.3. The van der Waals surface area contributed by atoms with Crippen molar-refractivity contribution < 1.29 is 61.7 Å². The number of rotatable bonds is 15. The first-order valence-electron chi connectivity index (χ1n) is 20.2. The van der Waals surface area contributed by atoms with Crippen molar-refractivity contribution in [1.29, 1.82) is 0 Å². The zero-order valence-electron chi connectivity index (χ0n) is 35.8. The van der Waals surface area contributed by atoms with Gasteiger partial charge in [0.05, 0.1) is 24.0 Å². The average molecular weight is 899 g/mol. The predicted molar refractivity (Wildman–Crippen MR) is 239 cm³/mol. The molecular weight excluding hydrogens is 858 g/mol. The van der Waals surface area contributed by atoms with Crippen molar-refractivity contribution >= 4 is 52.8 Å². The third-order valence-electron chi connectivity index (χ3n) is 11.1. The molecule has 0 spiro atoms. The number of alkyl halides is 3. The minimum absolute atomic E-state index is 0.0118. The smallest absolute Gasteiger partial charge is 0.402 e. The number of hydrogen-bond donors (Lipinski definition) is 4. The van der Waals surface area contributed by atoms with E-state index in [2.05, 4.69) is 10.6 Å². The fraction of sp³-hybridized carbons (Fsp3) is 0.157. The number of hydrogen-bond acceptors (Lipinski definition) is 10. The van der Waals surface area contributed by atoms with Crippen LogP contribution in [0.4, 0.5) is 24.5 Å². The molecule has 12 nitrogen and oxygen atoms in total. The van der Waals surface area contributed by atoms with Crippen LogP contribution in [0.3, 0.4) is 0 Å². The number of halogens is 3. The van der Waals surface area contributed by atoms with Crippen LogP contribution in [0.2, 0.25) is 0 Å². The summed E-state index contributed by atoms with van der Waals surface area (Å²) >= 11 is 0. The van der Waals surface area contributed by atoms with Crippen LogP contribution in [0, 0.1) is 6.92 Å². The zero-order valence-corrected chi connectivity index (χ0v) is 35.8. The quantitative estimate of drug-likeness (QED) is 0.0254. The highest BCUT2D eigenvalue weighted by atomic mass is 19.4. The number of benzene rings is 6. The van der Waals surface area contributed by atoms with Crippen molar-refractivity contribution in [2.75, 3.05) is 17.7 Å². The van der Waals surface area contributed by atoms with E-state index in [1.54, 1.807) is 38.1 Å². The summed E-state index contributed by atoms with van der Waals surface area (Å²) in [7, 11) is 1.16. The van der Waals surface area contributed by atoms with E-state index in [0.29, 0.717) is 11.1 Å². The van der Waals surface area contributed by atoms with E-state index >= 15 is 13.2 Å². The fourth-order valence-electron chi connectivity index (χ4n) is 7.34. The van der Waals surface area contributed by atoms with E-state index in [0.717, 1.165) is 56.0 Å². The number of Topliss-reactive ketones (excluding diaryl/α,β-unsaturated/α-hetero) is 3. The Balaban J connectivity index is 1.25. The molecule has 0 heterocycles. The van der Waals surface area contributed by atoms with Crippen molar-refractivity contribution in [3.8, 4) is 22.6 Å². The maximum absolute atomic E-state index is 15.2. The summed E-state index contributed by atoms with van der Waals surface area (Å²) in [4.78, 5) is 90.0. The number of ether oxygens (including phenoxy) is 1. The van der Waals surface area contributed by atoms with Crippen LogP contribution in [0.1, 0.15) is 105 Å². The molecule has 0 aromatic heterocycles. The van der Waals surface area contributed by atoms with E-state index in [4.69, 9.17) is 4.74 Å². The molecule has 6 aromatic carbocycles. The Morgan fingerprint density at radius 1 is 0.636 bits per heavy atom. The predicted octanol–water partition coefficient (Wildman–Crippen LogP) is 9.63. The van der Waals surface area contributed by atoms with Crippen molar-refractivity contribution in [3.05, 3.63) is 177 Å². The third-order valence-corrected chi connectivity index (χ3v) is 11.1. The van der Waals surface area contributed by atoms with Gasteiger partial charge in [-0.05, 0) is 108 Å². The summed E-state index contributed by atoms with van der Waals surface area (Å²) in [6.07, 6.45) is -5.20. The Kier molecular flexibility index (Phi) is 13.8. The summed E-state index contributed by atoms with van der Waals surface area (Å²) < 4.78 is 50.5. The van der Waals surface area contributed by atoms with Gasteiger partial charge in [-0.3, -0.25) is 28.8 Å². The second-order valence-corrected chi connectivity index (χ2v) is 15.4. The Hall–Kier alpha value is -8.20. The Bertz CT molecular complexity index is 2960. The van der Waals surface area contributed by atoms with Gasteiger partial charge in [-0.25, -0.2) is 4.79 Å². The van der Waals surface area contributed by atoms with E-state index in [9.17, 15) is 43.8 Å². The van der Waals surface area contributed by atoms with Crippen LogP contribution in [0.5, 0.6) is 11.5 Å². The molecule has 0 aliphatic rings. The minimum atomic E-state index is -4.99. The molecule has 0 bridgehead atoms. The second-order valence-electron chi connectivity index (χ2n) is 15.4. The first-order valence-corrected chi connectivity index (χ1v) is 20.2. The Morgan fingerprint density at radius 2 is 1.15 bits per heavy atom. The summed E-state index contributed by atoms with van der Waals surface area (Å²) in [5, 5.41) is 26.2. The van der Waals surface area contributed by atoms with Gasteiger partial charge in [0.1, 0.15) is 16.9 Å². The lowest BCUT2D eigenvalue weighted by atomic mass is 9.75. The highest BCUT2D eigenvalue weighted by Crippen LogP contribution is 2.49. The topological polar surface area (TPSA) is 193 Å². The summed E-state index contributed by atoms with van der Waals surface area (Å²) in [6.45, 7) is 4.27. The SMILES string of the molecule is CCC(=O)c1ccc(-c2ccc(C(=O)Cc3cccc(C(=O)Nc4cc(C(C)(c5ccc(O)c(NC(=O)c6cccc(C)c6)c5)C(F)(F)F)ccc4O)c3)c(C(=O)C=O)c2)cc1C(=O)OC.